The van der Waals surface area contributed by atoms with Crippen molar-refractivity contribution >= 4 is 27.8 Å². The first-order valence-corrected chi connectivity index (χ1v) is 5.53. The van der Waals surface area contributed by atoms with Crippen LogP contribution in [-0.2, 0) is 4.84 Å². The van der Waals surface area contributed by atoms with Gasteiger partial charge in [0.2, 0.25) is 6.21 Å². The summed E-state index contributed by atoms with van der Waals surface area (Å²) in [6.45, 7) is 4.25. The van der Waals surface area contributed by atoms with Crippen LogP contribution in [0.1, 0.15) is 13.8 Å². The molecule has 2 nitrogen and oxygen atoms in total. The summed E-state index contributed by atoms with van der Waals surface area (Å²) < 4.78 is 0.120. The highest BCUT2D eigenvalue weighted by Crippen LogP contribution is 2.30. The molecule has 0 atom stereocenters. The second-order valence-electron chi connectivity index (χ2n) is 2.32. The van der Waals surface area contributed by atoms with Crippen molar-refractivity contribution in [3.63, 3.8) is 0 Å². The Hall–Kier alpha value is 0.170. The van der Waals surface area contributed by atoms with Crippen LogP contribution in [0.25, 0.3) is 0 Å². The van der Waals surface area contributed by atoms with Crippen molar-refractivity contribution < 1.29 is 9.99 Å². The number of rotatable bonds is 4. The lowest BCUT2D eigenvalue weighted by molar-refractivity contribution is -0.742. The minimum absolute atomic E-state index is 0.120. The monoisotopic (exact) mass is 180 g/mol. The fourth-order valence-electron chi connectivity index (χ4n) is 0.440. The van der Waals surface area contributed by atoms with E-state index < -0.39 is 0 Å². The second-order valence-corrected chi connectivity index (χ2v) is 5.37. The highest BCUT2D eigenvalue weighted by molar-refractivity contribution is 8.77. The predicted molar refractivity (Wildman–Crippen MR) is 49.2 cm³/mol. The molecule has 0 saturated carbocycles. The molecule has 0 heterocycles. The number of hydrogen-bond donors (Lipinski definition) is 1. The van der Waals surface area contributed by atoms with Gasteiger partial charge in [-0.05, 0) is 25.3 Å². The highest BCUT2D eigenvalue weighted by atomic mass is 33.1. The molecule has 0 aromatic heterocycles. The van der Waals surface area contributed by atoms with E-state index >= 15 is 0 Å². The summed E-state index contributed by atoms with van der Waals surface area (Å²) in [7, 11) is 5.15. The van der Waals surface area contributed by atoms with Crippen LogP contribution in [0.2, 0.25) is 0 Å². The normalized spacial score (nSPS) is 12.4. The Morgan fingerprint density at radius 3 is 2.50 bits per heavy atom. The van der Waals surface area contributed by atoms with Crippen LogP contribution < -0.4 is 5.16 Å². The van der Waals surface area contributed by atoms with E-state index in [1.807, 2.05) is 6.21 Å². The van der Waals surface area contributed by atoms with E-state index in [1.165, 1.54) is 0 Å². The smallest absolute Gasteiger partial charge is 0.206 e. The lowest BCUT2D eigenvalue weighted by Gasteiger charge is -2.11. The molecule has 0 bridgehead atoms. The molecule has 60 valence electrons. The molecular weight excluding hydrogens is 166 g/mol. The topological polar surface area (TPSA) is 23.2 Å². The van der Waals surface area contributed by atoms with Gasteiger partial charge in [-0.2, -0.15) is 0 Å². The fourth-order valence-corrected chi connectivity index (χ4v) is 2.40. The van der Waals surface area contributed by atoms with E-state index in [9.17, 15) is 0 Å². The van der Waals surface area contributed by atoms with Gasteiger partial charge in [-0.15, -0.1) is 0 Å². The van der Waals surface area contributed by atoms with Gasteiger partial charge in [0.05, 0.1) is 0 Å². The van der Waals surface area contributed by atoms with Crippen LogP contribution in [0, 0.1) is 0 Å². The lowest BCUT2D eigenvalue weighted by atomic mass is 10.2. The lowest BCUT2D eigenvalue weighted by Crippen LogP contribution is -2.69. The van der Waals surface area contributed by atoms with Crippen molar-refractivity contribution in [1.29, 1.82) is 0 Å². The summed E-state index contributed by atoms with van der Waals surface area (Å²) in [6, 6.07) is 0. The average molecular weight is 180 g/mol. The summed E-state index contributed by atoms with van der Waals surface area (Å²) >= 11 is 0. The van der Waals surface area contributed by atoms with E-state index in [1.54, 1.807) is 28.7 Å². The molecule has 0 spiro atoms. The molecule has 0 radical (unpaired) electrons. The summed E-state index contributed by atoms with van der Waals surface area (Å²) in [6.07, 6.45) is 3.99. The van der Waals surface area contributed by atoms with Crippen LogP contribution in [-0.4, -0.2) is 24.3 Å². The van der Waals surface area contributed by atoms with Gasteiger partial charge in [-0.1, -0.05) is 21.6 Å². The van der Waals surface area contributed by atoms with Gasteiger partial charge in [0, 0.05) is 0 Å². The van der Waals surface area contributed by atoms with Crippen molar-refractivity contribution in [2.45, 2.75) is 18.6 Å². The number of nitrogens with one attached hydrogen (secondary N) is 1. The van der Waals surface area contributed by atoms with Crippen molar-refractivity contribution in [1.82, 2.24) is 0 Å². The molecule has 1 N–H and O–H groups in total. The first kappa shape index (κ1) is 10.2. The Balaban J connectivity index is 3.73. The van der Waals surface area contributed by atoms with Crippen molar-refractivity contribution in [2.75, 3.05) is 13.4 Å². The zero-order valence-electron chi connectivity index (χ0n) is 6.80. The number of hydrogen-bond acceptors (Lipinski definition) is 3. The molecular formula is C6H14NOS2+. The third-order valence-corrected chi connectivity index (χ3v) is 3.33. The molecule has 0 unspecified atom stereocenters. The van der Waals surface area contributed by atoms with Crippen molar-refractivity contribution in [3.05, 3.63) is 0 Å². The molecule has 0 aliphatic carbocycles. The van der Waals surface area contributed by atoms with E-state index in [2.05, 4.69) is 25.3 Å². The van der Waals surface area contributed by atoms with E-state index in [4.69, 9.17) is 4.84 Å². The first-order valence-electron chi connectivity index (χ1n) is 2.97. The summed E-state index contributed by atoms with van der Waals surface area (Å²) in [5, 5.41) is 2.71. The third-order valence-electron chi connectivity index (χ3n) is 0.822. The zero-order chi connectivity index (χ0) is 8.04. The molecule has 10 heavy (non-hydrogen) atoms. The minimum Gasteiger partial charge on any atom is -0.283 e. The van der Waals surface area contributed by atoms with Gasteiger partial charge in [0.1, 0.15) is 11.9 Å². The van der Waals surface area contributed by atoms with Crippen LogP contribution in [0.3, 0.4) is 0 Å². The van der Waals surface area contributed by atoms with Gasteiger partial charge >= 0.3 is 0 Å². The Morgan fingerprint density at radius 2 is 2.10 bits per heavy atom. The molecule has 0 aliphatic rings. The Labute approximate surface area is 70.2 Å². The highest BCUT2D eigenvalue weighted by Gasteiger charge is 2.18. The molecule has 0 aromatic carbocycles. The molecule has 0 fully saturated rings. The van der Waals surface area contributed by atoms with Gasteiger partial charge in [-0.3, -0.25) is 4.84 Å². The zero-order valence-corrected chi connectivity index (χ0v) is 8.44. The van der Waals surface area contributed by atoms with E-state index in [0.29, 0.717) is 0 Å². The van der Waals surface area contributed by atoms with Crippen LogP contribution in [0.4, 0.5) is 0 Å². The SMILES string of the molecule is CO[NH+]=CC(C)(C)SSC. The fraction of sp³-hybridized carbons (Fsp3) is 0.833. The quantitative estimate of drug-likeness (QED) is 0.387. The van der Waals surface area contributed by atoms with Gasteiger partial charge in [0.15, 0.2) is 0 Å². The largest absolute Gasteiger partial charge is 0.283 e. The predicted octanol–water partition coefficient (Wildman–Crippen LogP) is 0.489. The Morgan fingerprint density at radius 1 is 1.50 bits per heavy atom. The first-order chi connectivity index (χ1) is 4.62. The standard InChI is InChI=1S/C6H13NOS2/c1-6(2,10-9-4)5-7-8-3/h5H,1-4H3/p+1. The minimum atomic E-state index is 0.120. The van der Waals surface area contributed by atoms with Crippen molar-refractivity contribution in [2.24, 2.45) is 0 Å². The summed E-state index contributed by atoms with van der Waals surface area (Å²) in [5.41, 5.74) is 0. The van der Waals surface area contributed by atoms with Crippen LogP contribution in [0.15, 0.2) is 0 Å². The molecule has 0 aliphatic heterocycles. The van der Waals surface area contributed by atoms with E-state index in [0.717, 1.165) is 0 Å². The summed E-state index contributed by atoms with van der Waals surface area (Å²) in [4.78, 5) is 4.70. The second kappa shape index (κ2) is 4.91. The Bertz CT molecular complexity index is 114. The van der Waals surface area contributed by atoms with Gasteiger partial charge in [0.25, 0.3) is 0 Å². The van der Waals surface area contributed by atoms with Crippen LogP contribution in [0.5, 0.6) is 0 Å². The molecule has 0 saturated heterocycles. The summed E-state index contributed by atoms with van der Waals surface area (Å²) in [5.74, 6) is 0. The molecule has 4 heteroatoms. The van der Waals surface area contributed by atoms with Gasteiger partial charge < -0.3 is 0 Å². The average Bonchev–Trinajstić information content (AvgIpc) is 1.84. The van der Waals surface area contributed by atoms with E-state index in [-0.39, 0.29) is 4.75 Å². The third kappa shape index (κ3) is 4.99. The maximum absolute atomic E-state index is 4.70. The van der Waals surface area contributed by atoms with Crippen molar-refractivity contribution in [3.8, 4) is 0 Å². The van der Waals surface area contributed by atoms with Crippen LogP contribution >= 0.6 is 21.6 Å². The molecule has 0 rings (SSSR count). The Kier molecular flexibility index (Phi) is 4.99. The molecule has 0 aromatic rings. The maximum Gasteiger partial charge on any atom is 0.206 e. The van der Waals surface area contributed by atoms with Gasteiger partial charge in [-0.25, -0.2) is 0 Å². The molecule has 0 amide bonds. The maximum atomic E-state index is 4.70.